The zero-order valence-corrected chi connectivity index (χ0v) is 21.7. The fourth-order valence-corrected chi connectivity index (χ4v) is 4.61. The second-order valence-corrected chi connectivity index (χ2v) is 9.71. The van der Waals surface area contributed by atoms with Crippen molar-refractivity contribution in [3.05, 3.63) is 76.5 Å². The number of carbonyl (C=O) groups excluding carboxylic acids is 1. The molecule has 2 aromatic carbocycles. The van der Waals surface area contributed by atoms with Gasteiger partial charge in [-0.05, 0) is 81.7 Å². The van der Waals surface area contributed by atoms with Crippen LogP contribution in [-0.2, 0) is 6.18 Å². The van der Waals surface area contributed by atoms with Crippen LogP contribution in [0.25, 0.3) is 11.0 Å². The van der Waals surface area contributed by atoms with Gasteiger partial charge in [-0.25, -0.2) is 19.0 Å². The van der Waals surface area contributed by atoms with Gasteiger partial charge in [0.05, 0.1) is 22.6 Å². The van der Waals surface area contributed by atoms with E-state index in [1.165, 1.54) is 6.33 Å². The van der Waals surface area contributed by atoms with Crippen molar-refractivity contribution in [2.45, 2.75) is 32.0 Å². The number of fused-ring (bicyclic) bond motifs is 1. The minimum absolute atomic E-state index is 0.139. The third-order valence-corrected chi connectivity index (χ3v) is 6.90. The Morgan fingerprint density at radius 2 is 1.85 bits per heavy atom. The normalized spacial score (nSPS) is 14.7. The molecule has 3 N–H and O–H groups in total. The summed E-state index contributed by atoms with van der Waals surface area (Å²) in [5.74, 6) is 4.27. The van der Waals surface area contributed by atoms with E-state index in [1.54, 1.807) is 18.2 Å². The van der Waals surface area contributed by atoms with E-state index in [0.29, 0.717) is 40.5 Å². The number of rotatable bonds is 3. The van der Waals surface area contributed by atoms with Crippen molar-refractivity contribution in [3.63, 3.8) is 0 Å². The molecule has 8 nitrogen and oxygen atoms in total. The molecule has 40 heavy (non-hydrogen) atoms. The van der Waals surface area contributed by atoms with E-state index in [-0.39, 0.29) is 17.5 Å². The van der Waals surface area contributed by atoms with Gasteiger partial charge in [-0.2, -0.15) is 18.3 Å². The lowest BCUT2D eigenvalue weighted by molar-refractivity contribution is -0.137. The summed E-state index contributed by atoms with van der Waals surface area (Å²) in [5, 5.41) is 7.74. The first-order valence-corrected chi connectivity index (χ1v) is 12.5. The average molecular weight is 552 g/mol. The Morgan fingerprint density at radius 1 is 1.10 bits per heavy atom. The van der Waals surface area contributed by atoms with E-state index in [9.17, 15) is 22.4 Å². The Balaban J connectivity index is 1.45. The SMILES string of the molecule is Cc1ccc(NC(=O)c2cc(C(F)(F)F)ccc2F)cc1C#Cc1nn(C2CCN(C)CC2)c2ncnc(N)c12. The van der Waals surface area contributed by atoms with Crippen LogP contribution < -0.4 is 11.1 Å². The predicted molar refractivity (Wildman–Crippen MR) is 142 cm³/mol. The van der Waals surface area contributed by atoms with Gasteiger partial charge in [0.2, 0.25) is 0 Å². The van der Waals surface area contributed by atoms with Crippen molar-refractivity contribution in [1.82, 2.24) is 24.6 Å². The van der Waals surface area contributed by atoms with E-state index >= 15 is 0 Å². The predicted octanol–water partition coefficient (Wildman–Crippen LogP) is 4.79. The highest BCUT2D eigenvalue weighted by Crippen LogP contribution is 2.31. The van der Waals surface area contributed by atoms with Gasteiger partial charge < -0.3 is 16.0 Å². The topological polar surface area (TPSA) is 102 Å². The number of aromatic nitrogens is 4. The molecule has 12 heteroatoms. The fourth-order valence-electron chi connectivity index (χ4n) is 4.61. The minimum Gasteiger partial charge on any atom is -0.383 e. The third kappa shape index (κ3) is 5.46. The number of nitrogens with two attached hydrogens (primary N) is 1. The number of hydrogen-bond donors (Lipinski definition) is 2. The number of benzene rings is 2. The number of amides is 1. The number of alkyl halides is 3. The zero-order chi connectivity index (χ0) is 28.6. The third-order valence-electron chi connectivity index (χ3n) is 6.90. The molecule has 0 atom stereocenters. The molecule has 0 unspecified atom stereocenters. The quantitative estimate of drug-likeness (QED) is 0.280. The Kier molecular flexibility index (Phi) is 7.16. The lowest BCUT2D eigenvalue weighted by Crippen LogP contribution is -2.32. The van der Waals surface area contributed by atoms with Gasteiger partial charge in [-0.1, -0.05) is 12.0 Å². The summed E-state index contributed by atoms with van der Waals surface area (Å²) in [6, 6.07) is 6.63. The number of anilines is 2. The summed E-state index contributed by atoms with van der Waals surface area (Å²) in [4.78, 5) is 23.4. The zero-order valence-electron chi connectivity index (χ0n) is 21.7. The first-order valence-electron chi connectivity index (χ1n) is 12.5. The molecule has 0 saturated carbocycles. The van der Waals surface area contributed by atoms with Crippen LogP contribution >= 0.6 is 0 Å². The van der Waals surface area contributed by atoms with Crippen molar-refractivity contribution >= 4 is 28.4 Å². The molecule has 3 heterocycles. The van der Waals surface area contributed by atoms with Gasteiger partial charge >= 0.3 is 6.18 Å². The maximum absolute atomic E-state index is 14.2. The fraction of sp³-hybridized carbons (Fsp3) is 0.286. The summed E-state index contributed by atoms with van der Waals surface area (Å²) < 4.78 is 55.2. The number of piperidine rings is 1. The van der Waals surface area contributed by atoms with E-state index in [2.05, 4.69) is 39.1 Å². The Bertz CT molecular complexity index is 1660. The summed E-state index contributed by atoms with van der Waals surface area (Å²) >= 11 is 0. The summed E-state index contributed by atoms with van der Waals surface area (Å²) in [7, 11) is 2.07. The Hall–Kier alpha value is -4.50. The summed E-state index contributed by atoms with van der Waals surface area (Å²) in [6.07, 6.45) is -1.52. The maximum atomic E-state index is 14.2. The number of carbonyl (C=O) groups is 1. The van der Waals surface area contributed by atoms with E-state index in [4.69, 9.17) is 10.8 Å². The molecule has 1 fully saturated rings. The number of hydrogen-bond acceptors (Lipinski definition) is 6. The Morgan fingerprint density at radius 3 is 2.58 bits per heavy atom. The van der Waals surface area contributed by atoms with Crippen LogP contribution in [0.2, 0.25) is 0 Å². The van der Waals surface area contributed by atoms with Crippen molar-refractivity contribution in [1.29, 1.82) is 0 Å². The minimum atomic E-state index is -4.71. The molecule has 0 aliphatic carbocycles. The van der Waals surface area contributed by atoms with Crippen LogP contribution in [0.3, 0.4) is 0 Å². The lowest BCUT2D eigenvalue weighted by Gasteiger charge is -2.29. The van der Waals surface area contributed by atoms with E-state index in [0.717, 1.165) is 31.5 Å². The molecular formula is C28H25F4N7O. The number of aryl methyl sites for hydroxylation is 1. The molecule has 1 aliphatic rings. The molecule has 1 amide bonds. The molecule has 0 bridgehead atoms. The second kappa shape index (κ2) is 10.6. The van der Waals surface area contributed by atoms with Gasteiger partial charge in [0, 0.05) is 11.3 Å². The first kappa shape index (κ1) is 27.1. The van der Waals surface area contributed by atoms with Crippen LogP contribution in [0.1, 0.15) is 51.6 Å². The molecular weight excluding hydrogens is 526 g/mol. The van der Waals surface area contributed by atoms with Crippen LogP contribution in [0.4, 0.5) is 29.1 Å². The van der Waals surface area contributed by atoms with E-state index in [1.807, 2.05) is 11.6 Å². The van der Waals surface area contributed by atoms with Gasteiger partial charge in [-0.3, -0.25) is 4.79 Å². The summed E-state index contributed by atoms with van der Waals surface area (Å²) in [6.45, 7) is 3.67. The smallest absolute Gasteiger partial charge is 0.383 e. The molecule has 1 saturated heterocycles. The van der Waals surface area contributed by atoms with Gasteiger partial charge in [0.25, 0.3) is 5.91 Å². The number of halogens is 4. The number of nitrogens with zero attached hydrogens (tertiary/aromatic N) is 5. The molecule has 0 radical (unpaired) electrons. The highest BCUT2D eigenvalue weighted by molar-refractivity contribution is 6.04. The summed E-state index contributed by atoms with van der Waals surface area (Å²) in [5.41, 5.74) is 6.89. The van der Waals surface area contributed by atoms with Crippen LogP contribution in [0.15, 0.2) is 42.7 Å². The molecule has 1 aliphatic heterocycles. The van der Waals surface area contributed by atoms with Crippen LogP contribution in [0, 0.1) is 24.6 Å². The van der Waals surface area contributed by atoms with Gasteiger partial charge in [-0.15, -0.1) is 0 Å². The average Bonchev–Trinajstić information content (AvgIpc) is 3.29. The maximum Gasteiger partial charge on any atom is 0.416 e. The largest absolute Gasteiger partial charge is 0.416 e. The van der Waals surface area contributed by atoms with Crippen molar-refractivity contribution in [2.75, 3.05) is 31.2 Å². The van der Waals surface area contributed by atoms with Crippen LogP contribution in [0.5, 0.6) is 0 Å². The number of nitrogen functional groups attached to an aromatic ring is 1. The molecule has 4 aromatic rings. The first-order chi connectivity index (χ1) is 19.0. The highest BCUT2D eigenvalue weighted by Gasteiger charge is 2.32. The number of nitrogens with one attached hydrogen (secondary N) is 1. The van der Waals surface area contributed by atoms with Crippen LogP contribution in [-0.4, -0.2) is 50.7 Å². The molecule has 206 valence electrons. The monoisotopic (exact) mass is 551 g/mol. The lowest BCUT2D eigenvalue weighted by atomic mass is 10.1. The Labute approximate surface area is 227 Å². The highest BCUT2D eigenvalue weighted by atomic mass is 19.4. The van der Waals surface area contributed by atoms with E-state index < -0.39 is 29.0 Å². The van der Waals surface area contributed by atoms with Crippen molar-refractivity contribution in [2.24, 2.45) is 0 Å². The molecule has 5 rings (SSSR count). The number of likely N-dealkylation sites (tertiary alicyclic amines) is 1. The standard InChI is InChI=1S/C28H25F4N7O/c1-16-3-6-19(36-27(40)21-14-18(28(30,31)32)5-7-22(21)29)13-17(16)4-8-23-24-25(33)34-15-35-26(24)39(37-23)20-9-11-38(2)12-10-20/h3,5-7,13-15,20H,9-12H2,1-2H3,(H,36,40)(H2,33,34,35). The van der Waals surface area contributed by atoms with Crippen molar-refractivity contribution in [3.8, 4) is 11.8 Å². The van der Waals surface area contributed by atoms with Gasteiger partial charge in [0.1, 0.15) is 23.7 Å². The molecule has 0 spiro atoms. The van der Waals surface area contributed by atoms with Gasteiger partial charge in [0.15, 0.2) is 5.65 Å². The molecule has 2 aromatic heterocycles. The van der Waals surface area contributed by atoms with Crippen molar-refractivity contribution < 1.29 is 22.4 Å². The second-order valence-electron chi connectivity index (χ2n) is 9.71.